The van der Waals surface area contributed by atoms with Gasteiger partial charge in [0.2, 0.25) is 0 Å². The summed E-state index contributed by atoms with van der Waals surface area (Å²) in [6.45, 7) is 4.32. The molecule has 0 amide bonds. The molecule has 4 heteroatoms. The molecule has 6 fully saturated rings. The highest BCUT2D eigenvalue weighted by atomic mass is 17.2. The SMILES string of the molecule is c1cc([C@@H]2CCC[C@]3(CC4CC5CC(C4)CC(C5)OO3)C2)ccc1OCCN1CCCCC1. The molecule has 1 aromatic rings. The van der Waals surface area contributed by atoms with E-state index in [0.29, 0.717) is 12.0 Å². The van der Waals surface area contributed by atoms with Crippen molar-refractivity contribution in [3.8, 4) is 5.75 Å². The Morgan fingerprint density at radius 1 is 0.848 bits per heavy atom. The largest absolute Gasteiger partial charge is 0.492 e. The van der Waals surface area contributed by atoms with Crippen molar-refractivity contribution in [1.29, 1.82) is 0 Å². The number of hydrogen-bond acceptors (Lipinski definition) is 4. The molecule has 2 unspecified atom stereocenters. The van der Waals surface area contributed by atoms with Crippen molar-refractivity contribution in [2.75, 3.05) is 26.2 Å². The third-order valence-corrected chi connectivity index (χ3v) is 9.49. The zero-order valence-corrected chi connectivity index (χ0v) is 20.4. The maximum Gasteiger partial charge on any atom is 0.119 e. The summed E-state index contributed by atoms with van der Waals surface area (Å²) in [4.78, 5) is 15.2. The van der Waals surface area contributed by atoms with Gasteiger partial charge in [0.15, 0.2) is 0 Å². The summed E-state index contributed by atoms with van der Waals surface area (Å²) in [7, 11) is 0. The van der Waals surface area contributed by atoms with E-state index in [2.05, 4.69) is 29.2 Å². The first-order chi connectivity index (χ1) is 16.2. The van der Waals surface area contributed by atoms with Gasteiger partial charge in [-0.2, -0.15) is 0 Å². The second-order valence-corrected chi connectivity index (χ2v) is 12.1. The molecule has 182 valence electrons. The molecule has 1 spiro atoms. The number of nitrogens with zero attached hydrogens (tertiary/aromatic N) is 1. The monoisotopic (exact) mass is 453 g/mol. The Hall–Kier alpha value is -1.10. The van der Waals surface area contributed by atoms with Gasteiger partial charge < -0.3 is 4.74 Å². The summed E-state index contributed by atoms with van der Waals surface area (Å²) in [5.74, 6) is 4.18. The molecule has 3 saturated heterocycles. The molecule has 0 N–H and O–H groups in total. The van der Waals surface area contributed by atoms with Crippen molar-refractivity contribution >= 4 is 0 Å². The summed E-state index contributed by atoms with van der Waals surface area (Å²) in [6.07, 6.45) is 17.1. The Morgan fingerprint density at radius 2 is 1.61 bits per heavy atom. The molecular weight excluding hydrogens is 410 g/mol. The Kier molecular flexibility index (Phi) is 6.69. The van der Waals surface area contributed by atoms with E-state index in [1.54, 1.807) is 0 Å². The van der Waals surface area contributed by atoms with Crippen molar-refractivity contribution in [1.82, 2.24) is 4.90 Å². The molecule has 4 nitrogen and oxygen atoms in total. The van der Waals surface area contributed by atoms with Gasteiger partial charge in [0.05, 0.1) is 6.10 Å². The van der Waals surface area contributed by atoms with Crippen molar-refractivity contribution < 1.29 is 14.5 Å². The van der Waals surface area contributed by atoms with E-state index in [-0.39, 0.29) is 5.60 Å². The maximum atomic E-state index is 6.43. The molecule has 4 bridgehead atoms. The normalized spacial score (nSPS) is 39.2. The molecule has 1 aromatic carbocycles. The highest BCUT2D eigenvalue weighted by Crippen LogP contribution is 2.52. The predicted octanol–water partition coefficient (Wildman–Crippen LogP) is 6.49. The lowest BCUT2D eigenvalue weighted by Gasteiger charge is -2.43. The van der Waals surface area contributed by atoms with E-state index in [9.17, 15) is 0 Å². The molecule has 3 heterocycles. The Labute approximate surface area is 200 Å². The molecule has 6 aliphatic rings. The first kappa shape index (κ1) is 22.4. The number of ether oxygens (including phenoxy) is 1. The number of rotatable bonds is 5. The standard InChI is InChI=1S/C29H43NO3/c1-2-11-30(12-3-1)13-14-31-27-8-6-25(7-9-27)26-5-4-10-29(21-26)20-24-16-22-15-23(17-24)19-28(18-22)32-33-29/h6-9,22-24,26,28H,1-5,10-21H2/t22?,23?,24?,26-,28?,29+/m1/s1. The Bertz CT molecular complexity index is 762. The maximum absolute atomic E-state index is 6.43. The summed E-state index contributed by atoms with van der Waals surface area (Å²) < 4.78 is 6.08. The van der Waals surface area contributed by atoms with Crippen LogP contribution in [0.15, 0.2) is 24.3 Å². The quantitative estimate of drug-likeness (QED) is 0.477. The molecular formula is C29H43NO3. The number of hydrogen-bond donors (Lipinski definition) is 0. The van der Waals surface area contributed by atoms with Gasteiger partial charge in [0, 0.05) is 6.54 Å². The fraction of sp³-hybridized carbons (Fsp3) is 0.793. The molecule has 3 aliphatic carbocycles. The van der Waals surface area contributed by atoms with Gasteiger partial charge in [-0.15, -0.1) is 0 Å². The van der Waals surface area contributed by atoms with Crippen LogP contribution >= 0.6 is 0 Å². The van der Waals surface area contributed by atoms with Crippen molar-refractivity contribution in [3.05, 3.63) is 29.8 Å². The van der Waals surface area contributed by atoms with Crippen LogP contribution in [0.25, 0.3) is 0 Å². The molecule has 33 heavy (non-hydrogen) atoms. The second-order valence-electron chi connectivity index (χ2n) is 12.1. The first-order valence-corrected chi connectivity index (χ1v) is 14.0. The molecule has 3 aliphatic heterocycles. The Morgan fingerprint density at radius 3 is 2.39 bits per heavy atom. The minimum atomic E-state index is -0.0728. The zero-order chi connectivity index (χ0) is 22.1. The lowest BCUT2D eigenvalue weighted by molar-refractivity contribution is -0.394. The van der Waals surface area contributed by atoms with Gasteiger partial charge >= 0.3 is 0 Å². The number of fused-ring (bicyclic) bond motifs is 1. The van der Waals surface area contributed by atoms with Crippen LogP contribution in [-0.2, 0) is 9.78 Å². The third kappa shape index (κ3) is 5.28. The van der Waals surface area contributed by atoms with E-state index in [4.69, 9.17) is 14.5 Å². The van der Waals surface area contributed by atoms with Crippen LogP contribution in [0.2, 0.25) is 0 Å². The summed E-state index contributed by atoms with van der Waals surface area (Å²) >= 11 is 0. The lowest BCUT2D eigenvalue weighted by atomic mass is 9.63. The van der Waals surface area contributed by atoms with Crippen LogP contribution in [0.3, 0.4) is 0 Å². The highest BCUT2D eigenvalue weighted by molar-refractivity contribution is 5.30. The Balaban J connectivity index is 1.07. The average Bonchev–Trinajstić information content (AvgIpc) is 2.91. The molecule has 0 aromatic heterocycles. The van der Waals surface area contributed by atoms with E-state index in [1.807, 2.05) is 0 Å². The first-order valence-electron chi connectivity index (χ1n) is 14.0. The number of benzene rings is 1. The molecule has 0 radical (unpaired) electrons. The van der Waals surface area contributed by atoms with E-state index in [1.165, 1.54) is 95.7 Å². The third-order valence-electron chi connectivity index (χ3n) is 9.49. The van der Waals surface area contributed by atoms with Crippen LogP contribution < -0.4 is 4.74 Å². The minimum Gasteiger partial charge on any atom is -0.492 e. The van der Waals surface area contributed by atoms with Gasteiger partial charge in [-0.05, 0) is 132 Å². The predicted molar refractivity (Wildman–Crippen MR) is 130 cm³/mol. The smallest absolute Gasteiger partial charge is 0.119 e. The van der Waals surface area contributed by atoms with Gasteiger partial charge in [-0.25, -0.2) is 9.78 Å². The number of likely N-dealkylation sites (tertiary alicyclic amines) is 1. The zero-order valence-electron chi connectivity index (χ0n) is 20.4. The lowest BCUT2D eigenvalue weighted by Crippen LogP contribution is -2.40. The van der Waals surface area contributed by atoms with Crippen molar-refractivity contribution in [3.63, 3.8) is 0 Å². The average molecular weight is 454 g/mol. The minimum absolute atomic E-state index is 0.0728. The van der Waals surface area contributed by atoms with Crippen molar-refractivity contribution in [2.45, 2.75) is 101 Å². The summed E-state index contributed by atoms with van der Waals surface area (Å²) in [5, 5.41) is 0. The topological polar surface area (TPSA) is 30.9 Å². The van der Waals surface area contributed by atoms with E-state index >= 15 is 0 Å². The van der Waals surface area contributed by atoms with Crippen molar-refractivity contribution in [2.24, 2.45) is 17.8 Å². The summed E-state index contributed by atoms with van der Waals surface area (Å²) in [5.41, 5.74) is 1.38. The number of piperidine rings is 1. The fourth-order valence-electron chi connectivity index (χ4n) is 8.08. The summed E-state index contributed by atoms with van der Waals surface area (Å²) in [6, 6.07) is 8.99. The van der Waals surface area contributed by atoms with Crippen LogP contribution in [0.1, 0.15) is 95.0 Å². The van der Waals surface area contributed by atoms with Crippen LogP contribution in [-0.4, -0.2) is 42.8 Å². The fourth-order valence-corrected chi connectivity index (χ4v) is 8.08. The van der Waals surface area contributed by atoms with Crippen LogP contribution in [0.5, 0.6) is 5.75 Å². The highest BCUT2D eigenvalue weighted by Gasteiger charge is 2.47. The molecule has 7 rings (SSSR count). The van der Waals surface area contributed by atoms with Gasteiger partial charge in [0.1, 0.15) is 18.0 Å². The second kappa shape index (κ2) is 9.87. The van der Waals surface area contributed by atoms with Gasteiger partial charge in [-0.1, -0.05) is 18.6 Å². The van der Waals surface area contributed by atoms with Crippen LogP contribution in [0, 0.1) is 17.8 Å². The molecule has 4 atom stereocenters. The molecule has 3 saturated carbocycles. The van der Waals surface area contributed by atoms with E-state index < -0.39 is 0 Å². The van der Waals surface area contributed by atoms with E-state index in [0.717, 1.165) is 43.1 Å². The van der Waals surface area contributed by atoms with Gasteiger partial charge in [-0.3, -0.25) is 4.90 Å². The van der Waals surface area contributed by atoms with Crippen LogP contribution in [0.4, 0.5) is 0 Å². The van der Waals surface area contributed by atoms with Gasteiger partial charge in [0.25, 0.3) is 0 Å².